The highest BCUT2D eigenvalue weighted by atomic mass is 16.3. The van der Waals surface area contributed by atoms with Gasteiger partial charge >= 0.3 is 0 Å². The molecule has 1 aromatic carbocycles. The molecule has 1 N–H and O–H groups in total. The number of aryl methyl sites for hydroxylation is 4. The zero-order chi connectivity index (χ0) is 14.9. The topological polar surface area (TPSA) is 42.2 Å². The number of hydrogen-bond acceptors (Lipinski definition) is 2. The third-order valence-electron chi connectivity index (χ3n) is 3.66. The van der Waals surface area contributed by atoms with Crippen molar-refractivity contribution >= 4 is 5.91 Å². The van der Waals surface area contributed by atoms with Crippen molar-refractivity contribution in [2.24, 2.45) is 0 Å². The summed E-state index contributed by atoms with van der Waals surface area (Å²) in [5.41, 5.74) is 4.21. The van der Waals surface area contributed by atoms with Gasteiger partial charge in [0.15, 0.2) is 0 Å². The van der Waals surface area contributed by atoms with E-state index in [2.05, 4.69) is 37.4 Å². The monoisotopic (exact) mass is 271 g/mol. The normalized spacial score (nSPS) is 12.2. The van der Waals surface area contributed by atoms with E-state index >= 15 is 0 Å². The quantitative estimate of drug-likeness (QED) is 0.916. The van der Waals surface area contributed by atoms with Gasteiger partial charge in [-0.25, -0.2) is 0 Å². The van der Waals surface area contributed by atoms with Gasteiger partial charge in [-0.1, -0.05) is 18.2 Å². The Hall–Kier alpha value is -2.03. The van der Waals surface area contributed by atoms with Crippen molar-refractivity contribution in [2.75, 3.05) is 0 Å². The van der Waals surface area contributed by atoms with Crippen LogP contribution in [0.15, 0.2) is 28.7 Å². The van der Waals surface area contributed by atoms with Crippen LogP contribution in [-0.2, 0) is 0 Å². The smallest absolute Gasteiger partial charge is 0.255 e. The maximum atomic E-state index is 12.2. The molecule has 0 aliphatic heterocycles. The summed E-state index contributed by atoms with van der Waals surface area (Å²) < 4.78 is 5.40. The van der Waals surface area contributed by atoms with Crippen LogP contribution in [0, 0.1) is 27.7 Å². The summed E-state index contributed by atoms with van der Waals surface area (Å²) in [5, 5.41) is 3.01. The molecule has 0 aliphatic rings. The van der Waals surface area contributed by atoms with Crippen molar-refractivity contribution in [2.45, 2.75) is 40.7 Å². The van der Waals surface area contributed by atoms with E-state index in [0.717, 1.165) is 11.3 Å². The van der Waals surface area contributed by atoms with Gasteiger partial charge in [-0.15, -0.1) is 0 Å². The molecule has 0 bridgehead atoms. The molecular formula is C17H21NO2. The molecule has 2 aromatic rings. The number of amides is 1. The fourth-order valence-corrected chi connectivity index (χ4v) is 2.25. The van der Waals surface area contributed by atoms with Crippen LogP contribution in [0.2, 0.25) is 0 Å². The first-order chi connectivity index (χ1) is 9.38. The van der Waals surface area contributed by atoms with Crippen molar-refractivity contribution in [3.8, 4) is 0 Å². The number of carbonyl (C=O) groups is 1. The molecule has 1 aromatic heterocycles. The van der Waals surface area contributed by atoms with Crippen molar-refractivity contribution in [3.05, 3.63) is 58.0 Å². The molecule has 20 heavy (non-hydrogen) atoms. The van der Waals surface area contributed by atoms with Gasteiger partial charge in [0.25, 0.3) is 5.91 Å². The van der Waals surface area contributed by atoms with Crippen LogP contribution in [0.1, 0.15) is 51.5 Å². The van der Waals surface area contributed by atoms with Crippen LogP contribution >= 0.6 is 0 Å². The van der Waals surface area contributed by atoms with Crippen LogP contribution in [0.4, 0.5) is 0 Å². The summed E-state index contributed by atoms with van der Waals surface area (Å²) in [6.07, 6.45) is 0. The second-order valence-corrected chi connectivity index (χ2v) is 5.37. The van der Waals surface area contributed by atoms with Crippen molar-refractivity contribution < 1.29 is 9.21 Å². The average Bonchev–Trinajstić information content (AvgIpc) is 2.71. The number of rotatable bonds is 3. The molecular weight excluding hydrogens is 250 g/mol. The predicted octanol–water partition coefficient (Wildman–Crippen LogP) is 4.00. The van der Waals surface area contributed by atoms with Gasteiger partial charge < -0.3 is 9.73 Å². The summed E-state index contributed by atoms with van der Waals surface area (Å²) in [7, 11) is 0. The Kier molecular flexibility index (Phi) is 3.98. The Morgan fingerprint density at radius 1 is 1.10 bits per heavy atom. The second kappa shape index (κ2) is 5.53. The number of hydrogen-bond donors (Lipinski definition) is 1. The number of carbonyl (C=O) groups excluding carboxylic acids is 1. The molecule has 3 nitrogen and oxygen atoms in total. The number of furan rings is 1. The van der Waals surface area contributed by atoms with Crippen LogP contribution in [0.5, 0.6) is 0 Å². The maximum absolute atomic E-state index is 12.2. The fourth-order valence-electron chi connectivity index (χ4n) is 2.25. The van der Waals surface area contributed by atoms with Crippen molar-refractivity contribution in [3.63, 3.8) is 0 Å². The highest BCUT2D eigenvalue weighted by Gasteiger charge is 2.16. The first-order valence-electron chi connectivity index (χ1n) is 6.83. The highest BCUT2D eigenvalue weighted by Crippen LogP contribution is 2.19. The predicted molar refractivity (Wildman–Crippen MR) is 80.0 cm³/mol. The third-order valence-corrected chi connectivity index (χ3v) is 3.66. The maximum Gasteiger partial charge on any atom is 0.255 e. The molecule has 0 aliphatic carbocycles. The van der Waals surface area contributed by atoms with Gasteiger partial charge in [0, 0.05) is 0 Å². The van der Waals surface area contributed by atoms with E-state index in [9.17, 15) is 4.79 Å². The summed E-state index contributed by atoms with van der Waals surface area (Å²) in [6, 6.07) is 8.00. The van der Waals surface area contributed by atoms with E-state index in [-0.39, 0.29) is 11.9 Å². The molecule has 1 atom stereocenters. The summed E-state index contributed by atoms with van der Waals surface area (Å²) in [4.78, 5) is 12.2. The van der Waals surface area contributed by atoms with E-state index < -0.39 is 0 Å². The molecule has 3 heteroatoms. The van der Waals surface area contributed by atoms with E-state index in [1.54, 1.807) is 6.07 Å². The fraction of sp³-hybridized carbons (Fsp3) is 0.353. The van der Waals surface area contributed by atoms with Gasteiger partial charge in [0.1, 0.15) is 11.5 Å². The SMILES string of the molecule is Cc1cc(C(=O)N[C@H](C)c2ccc(C)c(C)c2)c(C)o1. The Morgan fingerprint density at radius 2 is 1.80 bits per heavy atom. The zero-order valence-electron chi connectivity index (χ0n) is 12.7. The van der Waals surface area contributed by atoms with E-state index in [0.29, 0.717) is 11.3 Å². The molecule has 106 valence electrons. The van der Waals surface area contributed by atoms with E-state index in [1.807, 2.05) is 20.8 Å². The summed E-state index contributed by atoms with van der Waals surface area (Å²) in [5.74, 6) is 1.32. The molecule has 0 fully saturated rings. The lowest BCUT2D eigenvalue weighted by atomic mass is 10.0. The Morgan fingerprint density at radius 3 is 2.35 bits per heavy atom. The largest absolute Gasteiger partial charge is 0.466 e. The first kappa shape index (κ1) is 14.4. The average molecular weight is 271 g/mol. The molecule has 0 spiro atoms. The summed E-state index contributed by atoms with van der Waals surface area (Å²) in [6.45, 7) is 9.81. The van der Waals surface area contributed by atoms with Gasteiger partial charge in [-0.3, -0.25) is 4.79 Å². The minimum Gasteiger partial charge on any atom is -0.466 e. The molecule has 1 amide bonds. The lowest BCUT2D eigenvalue weighted by Gasteiger charge is -2.15. The van der Waals surface area contributed by atoms with Crippen LogP contribution in [-0.4, -0.2) is 5.91 Å². The van der Waals surface area contributed by atoms with Crippen LogP contribution in [0.25, 0.3) is 0 Å². The minimum atomic E-state index is -0.0925. The Labute approximate surface area is 120 Å². The van der Waals surface area contributed by atoms with Crippen LogP contribution < -0.4 is 5.32 Å². The van der Waals surface area contributed by atoms with Crippen molar-refractivity contribution in [1.82, 2.24) is 5.32 Å². The molecule has 2 rings (SSSR count). The Balaban J connectivity index is 2.14. The zero-order valence-corrected chi connectivity index (χ0v) is 12.7. The Bertz CT molecular complexity index is 640. The van der Waals surface area contributed by atoms with Gasteiger partial charge in [-0.05, 0) is 57.4 Å². The van der Waals surface area contributed by atoms with E-state index in [4.69, 9.17) is 4.42 Å². The first-order valence-corrected chi connectivity index (χ1v) is 6.83. The van der Waals surface area contributed by atoms with Gasteiger partial charge in [0.2, 0.25) is 0 Å². The van der Waals surface area contributed by atoms with E-state index in [1.165, 1.54) is 11.1 Å². The number of benzene rings is 1. The highest BCUT2D eigenvalue weighted by molar-refractivity contribution is 5.95. The molecule has 0 radical (unpaired) electrons. The molecule has 0 saturated heterocycles. The van der Waals surface area contributed by atoms with Crippen molar-refractivity contribution in [1.29, 1.82) is 0 Å². The number of nitrogens with one attached hydrogen (secondary N) is 1. The molecule has 0 saturated carbocycles. The van der Waals surface area contributed by atoms with Gasteiger partial charge in [0.05, 0.1) is 11.6 Å². The minimum absolute atomic E-state index is 0.0311. The summed E-state index contributed by atoms with van der Waals surface area (Å²) >= 11 is 0. The van der Waals surface area contributed by atoms with Crippen LogP contribution in [0.3, 0.4) is 0 Å². The molecule has 1 heterocycles. The third kappa shape index (κ3) is 2.93. The standard InChI is InChI=1S/C17H21NO2/c1-10-6-7-15(8-11(10)2)13(4)18-17(19)16-9-12(3)20-14(16)5/h6-9,13H,1-5H3,(H,18,19)/t13-/m1/s1. The molecule has 0 unspecified atom stereocenters. The lowest BCUT2D eigenvalue weighted by molar-refractivity contribution is 0.0938. The van der Waals surface area contributed by atoms with Gasteiger partial charge in [-0.2, -0.15) is 0 Å². The lowest BCUT2D eigenvalue weighted by Crippen LogP contribution is -2.26. The second-order valence-electron chi connectivity index (χ2n) is 5.37.